The molecule has 2 aromatic rings. The summed E-state index contributed by atoms with van der Waals surface area (Å²) in [5, 5.41) is 14.1. The number of hydrogen-bond donors (Lipinski definition) is 3. The van der Waals surface area contributed by atoms with E-state index in [0.29, 0.717) is 28.9 Å². The van der Waals surface area contributed by atoms with E-state index in [9.17, 15) is 22.8 Å². The third kappa shape index (κ3) is 7.88. The van der Waals surface area contributed by atoms with Gasteiger partial charge < -0.3 is 20.0 Å². The molecule has 1 aliphatic heterocycles. The minimum atomic E-state index is -4.33. The minimum Gasteiger partial charge on any atom is -0.444 e. The summed E-state index contributed by atoms with van der Waals surface area (Å²) in [7, 11) is 5.44. The van der Waals surface area contributed by atoms with E-state index in [2.05, 4.69) is 20.6 Å². The monoisotopic (exact) mass is 559 g/mol. The molecule has 3 heterocycles. The second kappa shape index (κ2) is 12.7. The van der Waals surface area contributed by atoms with Gasteiger partial charge in [0.05, 0.1) is 17.8 Å². The van der Waals surface area contributed by atoms with Crippen molar-refractivity contribution in [2.75, 3.05) is 34.2 Å². The highest BCUT2D eigenvalue weighted by molar-refractivity contribution is 6.13. The number of amidine groups is 1. The fourth-order valence-corrected chi connectivity index (χ4v) is 4.08. The van der Waals surface area contributed by atoms with Gasteiger partial charge in [0, 0.05) is 49.6 Å². The lowest BCUT2D eigenvalue weighted by atomic mass is 9.99. The fraction of sp³-hybridized carbons (Fsp3) is 0.370. The quantitative estimate of drug-likeness (QED) is 0.315. The normalized spacial score (nSPS) is 16.7. The Morgan fingerprint density at radius 3 is 2.70 bits per heavy atom. The van der Waals surface area contributed by atoms with Crippen LogP contribution in [0.25, 0.3) is 17.0 Å². The molecule has 0 bridgehead atoms. The number of amides is 2. The number of oxazole rings is 1. The van der Waals surface area contributed by atoms with Crippen LogP contribution in [-0.4, -0.2) is 77.8 Å². The molecule has 1 atom stereocenters. The largest absolute Gasteiger partial charge is 0.444 e. The van der Waals surface area contributed by atoms with Gasteiger partial charge in [-0.1, -0.05) is 12.2 Å². The Kier molecular flexibility index (Phi) is 9.64. The molecular formula is C27H32F3N7O3. The number of nitrogens with zero attached hydrogens (tertiary/aromatic N) is 4. The highest BCUT2D eigenvalue weighted by Gasteiger charge is 2.31. The van der Waals surface area contributed by atoms with Gasteiger partial charge in [-0.25, -0.2) is 4.98 Å². The van der Waals surface area contributed by atoms with Crippen molar-refractivity contribution in [3.05, 3.63) is 65.6 Å². The number of rotatable bonds is 9. The molecule has 0 aromatic carbocycles. The van der Waals surface area contributed by atoms with Gasteiger partial charge in [-0.05, 0) is 45.6 Å². The van der Waals surface area contributed by atoms with E-state index >= 15 is 0 Å². The van der Waals surface area contributed by atoms with E-state index in [0.717, 1.165) is 12.3 Å². The Bertz CT molecular complexity index is 1360. The Labute approximate surface area is 230 Å². The van der Waals surface area contributed by atoms with Gasteiger partial charge in [-0.3, -0.25) is 24.9 Å². The van der Waals surface area contributed by atoms with Crippen LogP contribution in [0.5, 0.6) is 0 Å². The van der Waals surface area contributed by atoms with E-state index in [1.54, 1.807) is 20.0 Å². The first-order chi connectivity index (χ1) is 18.8. The van der Waals surface area contributed by atoms with Crippen LogP contribution in [0.2, 0.25) is 0 Å². The zero-order valence-electron chi connectivity index (χ0n) is 22.9. The van der Waals surface area contributed by atoms with Gasteiger partial charge in [-0.15, -0.1) is 0 Å². The molecule has 0 fully saturated rings. The summed E-state index contributed by atoms with van der Waals surface area (Å²) < 4.78 is 43.2. The van der Waals surface area contributed by atoms with Crippen molar-refractivity contribution in [2.45, 2.75) is 26.4 Å². The van der Waals surface area contributed by atoms with Crippen molar-refractivity contribution in [1.29, 1.82) is 5.41 Å². The average Bonchev–Trinajstić information content (AvgIpc) is 3.38. The molecule has 0 spiro atoms. The first kappa shape index (κ1) is 30.3. The summed E-state index contributed by atoms with van der Waals surface area (Å²) >= 11 is 0. The Morgan fingerprint density at radius 2 is 2.05 bits per heavy atom. The number of nitrogens with one attached hydrogen (secondary N) is 3. The first-order valence-electron chi connectivity index (χ1n) is 12.4. The summed E-state index contributed by atoms with van der Waals surface area (Å²) in [4.78, 5) is 37.5. The van der Waals surface area contributed by atoms with Gasteiger partial charge in [0.2, 0.25) is 5.89 Å². The number of alkyl halides is 3. The summed E-state index contributed by atoms with van der Waals surface area (Å²) in [6.45, 7) is 4.17. The molecule has 0 aliphatic carbocycles. The summed E-state index contributed by atoms with van der Waals surface area (Å²) in [6, 6.07) is 3.07. The summed E-state index contributed by atoms with van der Waals surface area (Å²) in [5.74, 6) is -1.13. The number of aromatic nitrogens is 2. The maximum atomic E-state index is 13.0. The lowest BCUT2D eigenvalue weighted by Crippen LogP contribution is -2.48. The van der Waals surface area contributed by atoms with Crippen molar-refractivity contribution in [3.8, 4) is 11.5 Å². The second-order valence-electron chi connectivity index (χ2n) is 9.61. The smallest absolute Gasteiger partial charge is 0.392 e. The number of carbonyl (C=O) groups is 2. The van der Waals surface area contributed by atoms with E-state index < -0.39 is 18.5 Å². The van der Waals surface area contributed by atoms with Crippen molar-refractivity contribution in [2.24, 2.45) is 5.92 Å². The van der Waals surface area contributed by atoms with Crippen LogP contribution in [0.1, 0.15) is 36.5 Å². The molecule has 0 saturated heterocycles. The SMILES string of the molecule is CN/C=C(/NC(=O)c1coc(-c2ccnc(/C(C)=C\CC(F)(F)F)c2)n1)C(=N)N1CC(CN(C)C)C=C(C)C1=O. The van der Waals surface area contributed by atoms with Crippen molar-refractivity contribution in [3.63, 3.8) is 0 Å². The van der Waals surface area contributed by atoms with Crippen molar-refractivity contribution in [1.82, 2.24) is 30.4 Å². The molecule has 0 radical (unpaired) electrons. The van der Waals surface area contributed by atoms with Gasteiger partial charge in [0.25, 0.3) is 11.8 Å². The number of halogens is 3. The van der Waals surface area contributed by atoms with E-state index in [1.807, 2.05) is 25.1 Å². The van der Waals surface area contributed by atoms with Gasteiger partial charge in [-0.2, -0.15) is 13.2 Å². The molecule has 3 rings (SSSR count). The number of allylic oxidation sites excluding steroid dienone is 2. The predicted octanol–water partition coefficient (Wildman–Crippen LogP) is 3.83. The molecule has 1 unspecified atom stereocenters. The topological polar surface area (TPSA) is 127 Å². The van der Waals surface area contributed by atoms with Crippen LogP contribution in [0.15, 0.2) is 58.6 Å². The van der Waals surface area contributed by atoms with E-state index in [-0.39, 0.29) is 41.5 Å². The van der Waals surface area contributed by atoms with Gasteiger partial charge in [0.1, 0.15) is 6.26 Å². The molecular weight excluding hydrogens is 527 g/mol. The third-order valence-corrected chi connectivity index (χ3v) is 5.93. The number of pyridine rings is 1. The maximum Gasteiger partial charge on any atom is 0.392 e. The van der Waals surface area contributed by atoms with Crippen LogP contribution in [0.3, 0.4) is 0 Å². The Morgan fingerprint density at radius 1 is 1.32 bits per heavy atom. The molecule has 13 heteroatoms. The van der Waals surface area contributed by atoms with Gasteiger partial charge >= 0.3 is 6.18 Å². The van der Waals surface area contributed by atoms with E-state index in [4.69, 9.17) is 9.83 Å². The molecule has 2 aromatic heterocycles. The Hall–Kier alpha value is -4.26. The lowest BCUT2D eigenvalue weighted by Gasteiger charge is -2.33. The maximum absolute atomic E-state index is 13.0. The highest BCUT2D eigenvalue weighted by Crippen LogP contribution is 2.26. The Balaban J connectivity index is 1.77. The van der Waals surface area contributed by atoms with Crippen LogP contribution in [0.4, 0.5) is 13.2 Å². The standard InChI is InChI=1S/C27H32F3N7O3/c1-16(6-8-27(28,29)30)20-11-19(7-9-33-20)25-35-22(15-40-25)24(38)34-21(12-32-3)23(31)37-14-18(13-36(4)5)10-17(2)26(37)39/h6-7,9-12,15,18,31-32H,8,13-14H2,1-5H3,(H,34,38)/b16-6-,21-12+,31-23?. The molecule has 214 valence electrons. The lowest BCUT2D eigenvalue weighted by molar-refractivity contribution is -0.125. The molecule has 40 heavy (non-hydrogen) atoms. The number of hydrogen-bond acceptors (Lipinski definition) is 8. The first-order valence-corrected chi connectivity index (χ1v) is 12.4. The van der Waals surface area contributed by atoms with E-state index in [1.165, 1.54) is 30.3 Å². The molecule has 1 aliphatic rings. The zero-order valence-corrected chi connectivity index (χ0v) is 22.9. The molecule has 2 amide bonds. The van der Waals surface area contributed by atoms with Crippen molar-refractivity contribution < 1.29 is 27.2 Å². The molecule has 0 saturated carbocycles. The predicted molar refractivity (Wildman–Crippen MR) is 144 cm³/mol. The fourth-order valence-electron chi connectivity index (χ4n) is 4.08. The molecule has 10 nitrogen and oxygen atoms in total. The zero-order chi connectivity index (χ0) is 29.6. The van der Waals surface area contributed by atoms with Crippen LogP contribution in [-0.2, 0) is 4.79 Å². The van der Waals surface area contributed by atoms with Gasteiger partial charge in [0.15, 0.2) is 11.5 Å². The van der Waals surface area contributed by atoms with Crippen LogP contribution < -0.4 is 10.6 Å². The highest BCUT2D eigenvalue weighted by atomic mass is 19.4. The number of carbonyl (C=O) groups excluding carboxylic acids is 2. The average molecular weight is 560 g/mol. The summed E-state index contributed by atoms with van der Waals surface area (Å²) in [5.41, 5.74) is 1.52. The van der Waals surface area contributed by atoms with Crippen molar-refractivity contribution >= 4 is 23.2 Å². The third-order valence-electron chi connectivity index (χ3n) is 5.93. The van der Waals surface area contributed by atoms with Crippen LogP contribution in [0, 0.1) is 11.3 Å². The van der Waals surface area contributed by atoms with Crippen LogP contribution >= 0.6 is 0 Å². The molecule has 3 N–H and O–H groups in total. The summed E-state index contributed by atoms with van der Waals surface area (Å²) in [6.07, 6.45) is 1.45. The minimum absolute atomic E-state index is 0.00915. The second-order valence-corrected chi connectivity index (χ2v) is 9.61.